The van der Waals surface area contributed by atoms with E-state index in [1.807, 2.05) is 18.2 Å². The Labute approximate surface area is 199 Å². The van der Waals surface area contributed by atoms with Crippen LogP contribution >= 0.6 is 23.2 Å². The number of anilines is 2. The molecule has 0 aromatic heterocycles. The summed E-state index contributed by atoms with van der Waals surface area (Å²) >= 11 is 12.0. The van der Waals surface area contributed by atoms with E-state index in [0.29, 0.717) is 27.7 Å². The maximum absolute atomic E-state index is 12.0. The van der Waals surface area contributed by atoms with Crippen molar-refractivity contribution in [3.8, 4) is 5.75 Å². The molecule has 0 radical (unpaired) electrons. The van der Waals surface area contributed by atoms with Gasteiger partial charge in [0.2, 0.25) is 0 Å². The highest BCUT2D eigenvalue weighted by Crippen LogP contribution is 2.25. The second kappa shape index (κ2) is 11.7. The van der Waals surface area contributed by atoms with Gasteiger partial charge < -0.3 is 15.4 Å². The summed E-state index contributed by atoms with van der Waals surface area (Å²) in [6, 6.07) is 20.1. The standard InChI is InChI=1S/C23H18Cl2N4O4/c24-16-5-4-8-18(12-16)28-22(31)23(32)29-26-13-15-9-10-20(19(25)11-15)33-14-21(30)27-17-6-2-1-3-7-17/h1-13H,14H2,(H,27,30)(H,28,31)(H,29,32)/b26-13-. The minimum atomic E-state index is -0.957. The van der Waals surface area contributed by atoms with Crippen molar-refractivity contribution in [1.82, 2.24) is 5.43 Å². The number of nitrogens with one attached hydrogen (secondary N) is 3. The monoisotopic (exact) mass is 484 g/mol. The zero-order valence-electron chi connectivity index (χ0n) is 17.0. The minimum absolute atomic E-state index is 0.222. The number of amides is 3. The van der Waals surface area contributed by atoms with Crippen molar-refractivity contribution >= 4 is 58.5 Å². The number of benzene rings is 3. The van der Waals surface area contributed by atoms with Crippen molar-refractivity contribution in [2.24, 2.45) is 5.10 Å². The van der Waals surface area contributed by atoms with E-state index in [-0.39, 0.29) is 17.5 Å². The molecule has 8 nitrogen and oxygen atoms in total. The van der Waals surface area contributed by atoms with Crippen LogP contribution in [0.2, 0.25) is 10.0 Å². The molecule has 3 aromatic carbocycles. The summed E-state index contributed by atoms with van der Waals surface area (Å²) in [4.78, 5) is 35.7. The molecule has 0 unspecified atom stereocenters. The van der Waals surface area contributed by atoms with Crippen molar-refractivity contribution in [2.45, 2.75) is 0 Å². The molecule has 0 saturated heterocycles. The van der Waals surface area contributed by atoms with E-state index in [4.69, 9.17) is 27.9 Å². The molecule has 0 spiro atoms. The summed E-state index contributed by atoms with van der Waals surface area (Å²) in [5.41, 5.74) is 3.70. The predicted molar refractivity (Wildman–Crippen MR) is 128 cm³/mol. The van der Waals surface area contributed by atoms with E-state index in [0.717, 1.165) is 0 Å². The van der Waals surface area contributed by atoms with Gasteiger partial charge >= 0.3 is 11.8 Å². The fraction of sp³-hybridized carbons (Fsp3) is 0.0435. The number of carbonyl (C=O) groups excluding carboxylic acids is 3. The van der Waals surface area contributed by atoms with Gasteiger partial charge in [0.15, 0.2) is 6.61 Å². The first-order valence-corrected chi connectivity index (χ1v) is 10.3. The van der Waals surface area contributed by atoms with Crippen LogP contribution in [0.5, 0.6) is 5.75 Å². The number of hydrazone groups is 1. The molecule has 10 heteroatoms. The number of carbonyl (C=O) groups is 3. The van der Waals surface area contributed by atoms with Crippen molar-refractivity contribution < 1.29 is 19.1 Å². The Balaban J connectivity index is 1.48. The van der Waals surface area contributed by atoms with Gasteiger partial charge in [0.25, 0.3) is 5.91 Å². The normalized spacial score (nSPS) is 10.5. The molecular formula is C23H18Cl2N4O4. The molecule has 0 bridgehead atoms. The van der Waals surface area contributed by atoms with E-state index >= 15 is 0 Å². The summed E-state index contributed by atoms with van der Waals surface area (Å²) in [5, 5.41) is 9.52. The lowest BCUT2D eigenvalue weighted by Gasteiger charge is -2.09. The van der Waals surface area contributed by atoms with Crippen molar-refractivity contribution in [1.29, 1.82) is 0 Å². The molecule has 3 amide bonds. The largest absolute Gasteiger partial charge is 0.482 e. The summed E-state index contributed by atoms with van der Waals surface area (Å²) in [7, 11) is 0. The van der Waals surface area contributed by atoms with Gasteiger partial charge in [0, 0.05) is 16.4 Å². The van der Waals surface area contributed by atoms with Crippen LogP contribution in [0, 0.1) is 0 Å². The Morgan fingerprint density at radius 2 is 1.61 bits per heavy atom. The van der Waals surface area contributed by atoms with Gasteiger partial charge in [-0.15, -0.1) is 0 Å². The number of ether oxygens (including phenoxy) is 1. The van der Waals surface area contributed by atoms with E-state index in [2.05, 4.69) is 21.2 Å². The van der Waals surface area contributed by atoms with Gasteiger partial charge in [-0.05, 0) is 54.1 Å². The Kier molecular flexibility index (Phi) is 8.40. The average Bonchev–Trinajstić information content (AvgIpc) is 2.79. The van der Waals surface area contributed by atoms with E-state index in [1.165, 1.54) is 18.3 Å². The second-order valence-corrected chi connectivity index (χ2v) is 7.40. The van der Waals surface area contributed by atoms with Crippen LogP contribution < -0.4 is 20.8 Å². The maximum Gasteiger partial charge on any atom is 0.329 e. The number of nitrogens with zero attached hydrogens (tertiary/aromatic N) is 1. The first kappa shape index (κ1) is 23.8. The third kappa shape index (κ3) is 7.64. The summed E-state index contributed by atoms with van der Waals surface area (Å²) in [6.07, 6.45) is 1.31. The smallest absolute Gasteiger partial charge is 0.329 e. The molecule has 0 atom stereocenters. The van der Waals surface area contributed by atoms with Crippen LogP contribution in [0.3, 0.4) is 0 Å². The van der Waals surface area contributed by atoms with Crippen LogP contribution in [0.15, 0.2) is 77.9 Å². The maximum atomic E-state index is 12.0. The molecule has 33 heavy (non-hydrogen) atoms. The van der Waals surface area contributed by atoms with Crippen LogP contribution in [0.1, 0.15) is 5.56 Å². The number of hydrogen-bond acceptors (Lipinski definition) is 5. The fourth-order valence-electron chi connectivity index (χ4n) is 2.55. The number of halogens is 2. The molecule has 0 fully saturated rings. The third-order valence-electron chi connectivity index (χ3n) is 4.04. The van der Waals surface area contributed by atoms with Gasteiger partial charge in [0.1, 0.15) is 5.75 Å². The Morgan fingerprint density at radius 3 is 2.33 bits per heavy atom. The van der Waals surface area contributed by atoms with Gasteiger partial charge in [-0.25, -0.2) is 5.43 Å². The van der Waals surface area contributed by atoms with Crippen LogP contribution in [0.25, 0.3) is 0 Å². The highest BCUT2D eigenvalue weighted by molar-refractivity contribution is 6.39. The first-order valence-electron chi connectivity index (χ1n) is 9.58. The molecule has 3 aromatic rings. The average molecular weight is 485 g/mol. The molecule has 0 aliphatic rings. The molecule has 0 aliphatic heterocycles. The predicted octanol–water partition coefficient (Wildman–Crippen LogP) is 4.10. The molecule has 0 heterocycles. The zero-order chi connectivity index (χ0) is 23.6. The second-order valence-electron chi connectivity index (χ2n) is 6.56. The zero-order valence-corrected chi connectivity index (χ0v) is 18.6. The number of para-hydroxylation sites is 1. The van der Waals surface area contributed by atoms with Crippen molar-refractivity contribution in [2.75, 3.05) is 17.2 Å². The van der Waals surface area contributed by atoms with E-state index in [1.54, 1.807) is 42.5 Å². The topological polar surface area (TPSA) is 109 Å². The van der Waals surface area contributed by atoms with Crippen molar-refractivity contribution in [3.63, 3.8) is 0 Å². The van der Waals surface area contributed by atoms with E-state index in [9.17, 15) is 14.4 Å². The number of hydrogen-bond donors (Lipinski definition) is 3. The van der Waals surface area contributed by atoms with Gasteiger partial charge in [-0.2, -0.15) is 5.10 Å². The molecule has 168 valence electrons. The van der Waals surface area contributed by atoms with E-state index < -0.39 is 11.8 Å². The molecule has 3 rings (SSSR count). The van der Waals surface area contributed by atoms with Crippen LogP contribution in [0.4, 0.5) is 11.4 Å². The third-order valence-corrected chi connectivity index (χ3v) is 4.57. The van der Waals surface area contributed by atoms with Crippen LogP contribution in [-0.2, 0) is 14.4 Å². The highest BCUT2D eigenvalue weighted by Gasteiger charge is 2.13. The lowest BCUT2D eigenvalue weighted by atomic mass is 10.2. The van der Waals surface area contributed by atoms with Gasteiger partial charge in [0.05, 0.1) is 11.2 Å². The first-order chi connectivity index (χ1) is 15.9. The Bertz CT molecular complexity index is 1190. The fourth-order valence-corrected chi connectivity index (χ4v) is 2.98. The van der Waals surface area contributed by atoms with Crippen LogP contribution in [-0.4, -0.2) is 30.5 Å². The lowest BCUT2D eigenvalue weighted by molar-refractivity contribution is -0.136. The lowest BCUT2D eigenvalue weighted by Crippen LogP contribution is -2.32. The summed E-state index contributed by atoms with van der Waals surface area (Å²) in [6.45, 7) is -0.222. The quantitative estimate of drug-likeness (QED) is 0.266. The Hall–Kier alpha value is -3.88. The van der Waals surface area contributed by atoms with Gasteiger partial charge in [-0.3, -0.25) is 14.4 Å². The van der Waals surface area contributed by atoms with Gasteiger partial charge in [-0.1, -0.05) is 47.5 Å². The molecule has 3 N–H and O–H groups in total. The summed E-state index contributed by atoms with van der Waals surface area (Å²) in [5.74, 6) is -1.88. The molecule has 0 aliphatic carbocycles. The minimum Gasteiger partial charge on any atom is -0.482 e. The highest BCUT2D eigenvalue weighted by atomic mass is 35.5. The molecular weight excluding hydrogens is 467 g/mol. The summed E-state index contributed by atoms with van der Waals surface area (Å²) < 4.78 is 5.44. The SMILES string of the molecule is O=C(COc1ccc(/C=N\NC(=O)C(=O)Nc2cccc(Cl)c2)cc1Cl)Nc1ccccc1. The van der Waals surface area contributed by atoms with Crippen molar-refractivity contribution in [3.05, 3.63) is 88.4 Å². The molecule has 0 saturated carbocycles. The Morgan fingerprint density at radius 1 is 0.848 bits per heavy atom. The number of rotatable bonds is 7.